The summed E-state index contributed by atoms with van der Waals surface area (Å²) in [5, 5.41) is 0. The Morgan fingerprint density at radius 1 is 1.50 bits per heavy atom. The zero-order chi connectivity index (χ0) is 8.20. The Labute approximate surface area is 80.5 Å². The molecule has 0 heterocycles. The van der Waals surface area contributed by atoms with Crippen LogP contribution in [-0.4, -0.2) is 15.1 Å². The monoisotopic (exact) mass is 284 g/mol. The van der Waals surface area contributed by atoms with Crippen LogP contribution in [0.3, 0.4) is 0 Å². The van der Waals surface area contributed by atoms with Crippen LogP contribution in [0.5, 0.6) is 0 Å². The third kappa shape index (κ3) is 8.90. The standard InChI is InChI=1S/C7H17ISi2/c1-7(2)5-9-6-10(3,4)8/h5H,6,9H2,1-4H3. The van der Waals surface area contributed by atoms with Crippen LogP contribution >= 0.6 is 21.8 Å². The molecule has 0 saturated heterocycles. The Kier molecular flexibility index (Phi) is 5.14. The van der Waals surface area contributed by atoms with Crippen LogP contribution in [-0.2, 0) is 0 Å². The average molecular weight is 284 g/mol. The fraction of sp³-hybridized carbons (Fsp3) is 0.714. The van der Waals surface area contributed by atoms with Gasteiger partial charge in [0.2, 0.25) is 0 Å². The Balaban J connectivity index is 3.47. The summed E-state index contributed by atoms with van der Waals surface area (Å²) in [7, 11) is 0.152. The fourth-order valence-corrected chi connectivity index (χ4v) is 7.41. The third-order valence-corrected chi connectivity index (χ3v) is 13.2. The predicted octanol–water partition coefficient (Wildman–Crippen LogP) is 2.68. The summed E-state index contributed by atoms with van der Waals surface area (Å²) in [6.45, 7) is 9.29. The molecule has 0 saturated carbocycles. The number of rotatable bonds is 3. The van der Waals surface area contributed by atoms with E-state index in [-0.39, 0.29) is 9.52 Å². The molecule has 60 valence electrons. The van der Waals surface area contributed by atoms with Gasteiger partial charge < -0.3 is 0 Å². The van der Waals surface area contributed by atoms with Crippen molar-refractivity contribution in [1.82, 2.24) is 0 Å². The molecule has 0 aromatic carbocycles. The van der Waals surface area contributed by atoms with Crippen molar-refractivity contribution in [1.29, 1.82) is 0 Å². The van der Waals surface area contributed by atoms with Crippen molar-refractivity contribution in [2.75, 3.05) is 0 Å². The molecule has 0 rings (SSSR count). The molecule has 0 bridgehead atoms. The first-order chi connectivity index (χ1) is 4.42. The van der Waals surface area contributed by atoms with Gasteiger partial charge in [0, 0.05) is 9.52 Å². The molecule has 0 spiro atoms. The van der Waals surface area contributed by atoms with Crippen molar-refractivity contribution < 1.29 is 0 Å². The molecule has 0 unspecified atom stereocenters. The maximum atomic E-state index is 2.67. The lowest BCUT2D eigenvalue weighted by Crippen LogP contribution is -2.17. The van der Waals surface area contributed by atoms with E-state index in [2.05, 4.69) is 54.4 Å². The second-order valence-electron chi connectivity index (χ2n) is 3.54. The minimum absolute atomic E-state index is 0.152. The molecule has 0 N–H and O–H groups in total. The van der Waals surface area contributed by atoms with E-state index in [9.17, 15) is 0 Å². The number of halogens is 1. The average Bonchev–Trinajstić information content (AvgIpc) is 1.59. The molecule has 0 radical (unpaired) electrons. The van der Waals surface area contributed by atoms with Crippen molar-refractivity contribution in [2.45, 2.75) is 32.6 Å². The van der Waals surface area contributed by atoms with Crippen LogP contribution in [0.15, 0.2) is 11.3 Å². The van der Waals surface area contributed by atoms with Gasteiger partial charge in [0.15, 0.2) is 0 Å². The normalized spacial score (nSPS) is 12.5. The van der Waals surface area contributed by atoms with Gasteiger partial charge in [-0.2, -0.15) is 0 Å². The Bertz CT molecular complexity index is 120. The quantitative estimate of drug-likeness (QED) is 0.425. The maximum absolute atomic E-state index is 2.67. The summed E-state index contributed by atoms with van der Waals surface area (Å²) in [6, 6.07) is 0. The molecule has 0 aliphatic carbocycles. The molecule has 0 aliphatic heterocycles. The van der Waals surface area contributed by atoms with Gasteiger partial charge in [0.1, 0.15) is 5.57 Å². The lowest BCUT2D eigenvalue weighted by molar-refractivity contribution is 1.41. The van der Waals surface area contributed by atoms with E-state index >= 15 is 0 Å². The molecule has 0 aromatic rings. The van der Waals surface area contributed by atoms with Crippen LogP contribution in [0.1, 0.15) is 13.8 Å². The van der Waals surface area contributed by atoms with Crippen LogP contribution in [0, 0.1) is 0 Å². The number of hydrogen-bond acceptors (Lipinski definition) is 0. The van der Waals surface area contributed by atoms with Gasteiger partial charge in [-0.05, 0) is 13.8 Å². The van der Waals surface area contributed by atoms with Crippen molar-refractivity contribution in [3.05, 3.63) is 11.3 Å². The number of hydrogen-bond donors (Lipinski definition) is 0. The second-order valence-corrected chi connectivity index (χ2v) is 18.7. The molecule has 0 fully saturated rings. The Morgan fingerprint density at radius 3 is 2.30 bits per heavy atom. The first-order valence-electron chi connectivity index (χ1n) is 3.74. The van der Waals surface area contributed by atoms with Crippen molar-refractivity contribution >= 4 is 36.9 Å². The lowest BCUT2D eigenvalue weighted by atomic mass is 10.4. The van der Waals surface area contributed by atoms with E-state index in [4.69, 9.17) is 0 Å². The van der Waals surface area contributed by atoms with Crippen molar-refractivity contribution in [2.24, 2.45) is 0 Å². The van der Waals surface area contributed by atoms with E-state index in [1.165, 1.54) is 5.57 Å². The lowest BCUT2D eigenvalue weighted by Gasteiger charge is -2.10. The zero-order valence-corrected chi connectivity index (χ0v) is 11.9. The smallest absolute Gasteiger partial charge is 0.116 e. The van der Waals surface area contributed by atoms with Gasteiger partial charge in [-0.15, -0.1) is 27.5 Å². The second kappa shape index (κ2) is 4.72. The fourth-order valence-electron chi connectivity index (χ4n) is 0.704. The zero-order valence-electron chi connectivity index (χ0n) is 7.37. The molecule has 0 aromatic heterocycles. The van der Waals surface area contributed by atoms with E-state index in [1.54, 1.807) is 5.67 Å². The SMILES string of the molecule is CC(C)=C[SiH2]C[Si](C)(C)I. The van der Waals surface area contributed by atoms with Gasteiger partial charge in [-0.1, -0.05) is 24.3 Å². The van der Waals surface area contributed by atoms with E-state index in [1.807, 2.05) is 0 Å². The first kappa shape index (κ1) is 10.9. The van der Waals surface area contributed by atoms with E-state index in [0.717, 1.165) is 0 Å². The highest BCUT2D eigenvalue weighted by atomic mass is 127. The molecule has 0 atom stereocenters. The summed E-state index contributed by atoms with van der Waals surface area (Å²) >= 11 is 2.67. The molecular weight excluding hydrogens is 267 g/mol. The van der Waals surface area contributed by atoms with Crippen LogP contribution in [0.25, 0.3) is 0 Å². The Hall–Kier alpha value is 0.904. The topological polar surface area (TPSA) is 0 Å². The summed E-state index contributed by atoms with van der Waals surface area (Å²) in [5.74, 6) is 0. The summed E-state index contributed by atoms with van der Waals surface area (Å²) < 4.78 is 0. The van der Waals surface area contributed by atoms with Crippen LogP contribution in [0.4, 0.5) is 0 Å². The summed E-state index contributed by atoms with van der Waals surface area (Å²) in [5.41, 5.74) is 4.81. The highest BCUT2D eigenvalue weighted by Crippen LogP contribution is 2.16. The van der Waals surface area contributed by atoms with Crippen LogP contribution in [0.2, 0.25) is 18.8 Å². The summed E-state index contributed by atoms with van der Waals surface area (Å²) in [4.78, 5) is 0. The van der Waals surface area contributed by atoms with E-state index < -0.39 is 5.57 Å². The van der Waals surface area contributed by atoms with Gasteiger partial charge in [0.25, 0.3) is 0 Å². The van der Waals surface area contributed by atoms with Crippen molar-refractivity contribution in [3.63, 3.8) is 0 Å². The molecule has 0 nitrogen and oxygen atoms in total. The maximum Gasteiger partial charge on any atom is 0.116 e. The minimum atomic E-state index is -0.737. The van der Waals surface area contributed by atoms with Crippen LogP contribution < -0.4 is 0 Å². The molecule has 0 aliphatic rings. The van der Waals surface area contributed by atoms with Gasteiger partial charge in [-0.3, -0.25) is 0 Å². The minimum Gasteiger partial charge on any atom is -0.120 e. The Morgan fingerprint density at radius 2 is 2.00 bits per heavy atom. The van der Waals surface area contributed by atoms with Crippen molar-refractivity contribution in [3.8, 4) is 0 Å². The van der Waals surface area contributed by atoms with Gasteiger partial charge in [-0.25, -0.2) is 0 Å². The molecular formula is C7H17ISi2. The molecule has 10 heavy (non-hydrogen) atoms. The molecule has 0 amide bonds. The summed E-state index contributed by atoms with van der Waals surface area (Å²) in [6.07, 6.45) is 0. The van der Waals surface area contributed by atoms with Gasteiger partial charge >= 0.3 is 0 Å². The molecule has 3 heteroatoms. The predicted molar refractivity (Wildman–Crippen MR) is 64.3 cm³/mol. The first-order valence-corrected chi connectivity index (χ1v) is 11.9. The number of allylic oxidation sites excluding steroid dienone is 1. The van der Waals surface area contributed by atoms with Gasteiger partial charge in [0.05, 0.1) is 0 Å². The third-order valence-electron chi connectivity index (χ3n) is 1.29. The highest BCUT2D eigenvalue weighted by molar-refractivity contribution is 14.1. The largest absolute Gasteiger partial charge is 0.120 e. The van der Waals surface area contributed by atoms with E-state index in [0.29, 0.717) is 0 Å². The highest BCUT2D eigenvalue weighted by Gasteiger charge is 2.13.